The van der Waals surface area contributed by atoms with Crippen LogP contribution in [0, 0.1) is 0 Å². The predicted octanol–water partition coefficient (Wildman–Crippen LogP) is 3.24. The van der Waals surface area contributed by atoms with Crippen LogP contribution in [0.5, 0.6) is 0 Å². The van der Waals surface area contributed by atoms with Crippen LogP contribution in [0.2, 0.25) is 0 Å². The first-order chi connectivity index (χ1) is 9.52. The normalized spacial score (nSPS) is 23.3. The van der Waals surface area contributed by atoms with E-state index in [1.54, 1.807) is 11.3 Å². The van der Waals surface area contributed by atoms with E-state index in [1.807, 2.05) is 6.07 Å². The molecule has 1 saturated heterocycles. The average molecular weight is 421 g/mol. The van der Waals surface area contributed by atoms with Crippen LogP contribution in [0.25, 0.3) is 11.4 Å². The predicted molar refractivity (Wildman–Crippen MR) is 89.4 cm³/mol. The van der Waals surface area contributed by atoms with Gasteiger partial charge in [0.05, 0.1) is 7.57 Å². The largest absolute Gasteiger partial charge is 0.336 e. The fraction of sp³-hybridized carbons (Fsp3) is 0.500. The Morgan fingerprint density at radius 1 is 1.30 bits per heavy atom. The molecule has 8 heteroatoms. The summed E-state index contributed by atoms with van der Waals surface area (Å²) in [5.74, 6) is 1.57. The molecule has 0 aliphatic carbocycles. The van der Waals surface area contributed by atoms with E-state index in [0.29, 0.717) is 12.1 Å². The number of halogens is 2. The van der Waals surface area contributed by atoms with Gasteiger partial charge >= 0.3 is 0 Å². The maximum atomic E-state index is 4.63. The number of nitrogens with one attached hydrogen (secondary N) is 2. The molecule has 108 valence electrons. The zero-order valence-corrected chi connectivity index (χ0v) is 15.1. The van der Waals surface area contributed by atoms with Gasteiger partial charge in [-0.2, -0.15) is 4.98 Å². The second-order valence-corrected chi connectivity index (χ2v) is 8.84. The summed E-state index contributed by atoms with van der Waals surface area (Å²) in [7, 11) is 0. The third-order valence-corrected chi connectivity index (χ3v) is 5.57. The molecule has 0 amide bonds. The molecule has 1 aliphatic heterocycles. The summed E-state index contributed by atoms with van der Waals surface area (Å²) in [4.78, 5) is 6.86. The number of thiophene rings is 1. The van der Waals surface area contributed by atoms with Crippen LogP contribution >= 0.6 is 43.2 Å². The lowest BCUT2D eigenvalue weighted by atomic mass is 10.1. The maximum absolute atomic E-state index is 4.63. The van der Waals surface area contributed by atoms with Crippen molar-refractivity contribution in [3.8, 4) is 11.4 Å². The van der Waals surface area contributed by atoms with Crippen molar-refractivity contribution in [1.82, 2.24) is 20.5 Å². The lowest BCUT2D eigenvalue weighted by Gasteiger charge is -2.35. The van der Waals surface area contributed by atoms with E-state index >= 15 is 0 Å². The number of hydrogen-bond acceptors (Lipinski definition) is 5. The first kappa shape index (κ1) is 14.5. The van der Waals surface area contributed by atoms with Gasteiger partial charge in [0, 0.05) is 30.7 Å². The number of anilines is 1. The van der Waals surface area contributed by atoms with Gasteiger partial charge in [0.2, 0.25) is 5.95 Å². The SMILES string of the molecule is CC1CN(c2n[nH]c(-c3cc(Br)sc3Br)n2)CC(C)N1. The number of nitrogens with zero attached hydrogens (tertiary/aromatic N) is 3. The van der Waals surface area contributed by atoms with E-state index < -0.39 is 0 Å². The number of H-pyrrole nitrogens is 1. The number of hydrogen-bond donors (Lipinski definition) is 2. The highest BCUT2D eigenvalue weighted by Crippen LogP contribution is 2.37. The summed E-state index contributed by atoms with van der Waals surface area (Å²) < 4.78 is 2.12. The van der Waals surface area contributed by atoms with Crippen LogP contribution in [-0.2, 0) is 0 Å². The number of aromatic nitrogens is 3. The molecular formula is C12H15Br2N5S. The maximum Gasteiger partial charge on any atom is 0.245 e. The molecule has 0 saturated carbocycles. The summed E-state index contributed by atoms with van der Waals surface area (Å²) in [5, 5.41) is 10.9. The van der Waals surface area contributed by atoms with Crippen molar-refractivity contribution in [2.45, 2.75) is 25.9 Å². The highest BCUT2D eigenvalue weighted by atomic mass is 79.9. The molecular weight excluding hydrogens is 406 g/mol. The topological polar surface area (TPSA) is 56.8 Å². The molecule has 5 nitrogen and oxygen atoms in total. The van der Waals surface area contributed by atoms with Gasteiger partial charge in [0.1, 0.15) is 0 Å². The van der Waals surface area contributed by atoms with Gasteiger partial charge in [-0.3, -0.25) is 5.10 Å². The molecule has 1 aliphatic rings. The third kappa shape index (κ3) is 2.93. The molecule has 2 unspecified atom stereocenters. The molecule has 3 heterocycles. The van der Waals surface area contributed by atoms with Crippen LogP contribution in [0.3, 0.4) is 0 Å². The lowest BCUT2D eigenvalue weighted by molar-refractivity contribution is 0.403. The van der Waals surface area contributed by atoms with Crippen molar-refractivity contribution in [2.75, 3.05) is 18.0 Å². The molecule has 2 aromatic heterocycles. The second kappa shape index (κ2) is 5.75. The van der Waals surface area contributed by atoms with Gasteiger partial charge in [0.15, 0.2) is 5.82 Å². The Labute approximate surface area is 138 Å². The van der Waals surface area contributed by atoms with E-state index in [-0.39, 0.29) is 0 Å². The van der Waals surface area contributed by atoms with E-state index in [9.17, 15) is 0 Å². The zero-order valence-electron chi connectivity index (χ0n) is 11.2. The molecule has 2 aromatic rings. The average Bonchev–Trinajstić information content (AvgIpc) is 2.94. The molecule has 0 spiro atoms. The minimum Gasteiger partial charge on any atom is -0.336 e. The quantitative estimate of drug-likeness (QED) is 0.782. The fourth-order valence-corrected chi connectivity index (χ4v) is 5.31. The Morgan fingerprint density at radius 3 is 2.60 bits per heavy atom. The van der Waals surface area contributed by atoms with Crippen molar-refractivity contribution in [1.29, 1.82) is 0 Å². The monoisotopic (exact) mass is 419 g/mol. The van der Waals surface area contributed by atoms with Crippen molar-refractivity contribution in [3.63, 3.8) is 0 Å². The zero-order chi connectivity index (χ0) is 14.3. The molecule has 3 rings (SSSR count). The Hall–Kier alpha value is -0.440. The Bertz CT molecular complexity index is 601. The molecule has 0 bridgehead atoms. The van der Waals surface area contributed by atoms with Crippen molar-refractivity contribution >= 4 is 49.1 Å². The minimum absolute atomic E-state index is 0.447. The summed E-state index contributed by atoms with van der Waals surface area (Å²) in [6, 6.07) is 2.94. The van der Waals surface area contributed by atoms with Crippen LogP contribution in [0.4, 0.5) is 5.95 Å². The standard InChI is InChI=1S/C12H15Br2N5S/c1-6-4-19(5-7(2)15-6)12-16-11(17-18-12)8-3-9(13)20-10(8)14/h3,6-7,15H,4-5H2,1-2H3,(H,16,17,18). The minimum atomic E-state index is 0.447. The Kier molecular flexibility index (Phi) is 4.16. The van der Waals surface area contributed by atoms with E-state index in [1.165, 1.54) is 0 Å². The molecule has 2 N–H and O–H groups in total. The highest BCUT2D eigenvalue weighted by molar-refractivity contribution is 9.12. The van der Waals surface area contributed by atoms with Crippen molar-refractivity contribution in [3.05, 3.63) is 13.6 Å². The first-order valence-corrected chi connectivity index (χ1v) is 8.82. The summed E-state index contributed by atoms with van der Waals surface area (Å²) >= 11 is 8.67. The van der Waals surface area contributed by atoms with E-state index in [0.717, 1.165) is 38.0 Å². The van der Waals surface area contributed by atoms with E-state index in [4.69, 9.17) is 0 Å². The Balaban J connectivity index is 1.85. The summed E-state index contributed by atoms with van der Waals surface area (Å²) in [5.41, 5.74) is 1.04. The summed E-state index contributed by atoms with van der Waals surface area (Å²) in [6.45, 7) is 6.22. The summed E-state index contributed by atoms with van der Waals surface area (Å²) in [6.07, 6.45) is 0. The molecule has 0 aromatic carbocycles. The first-order valence-electron chi connectivity index (χ1n) is 6.41. The third-order valence-electron chi connectivity index (χ3n) is 3.23. The molecule has 2 atom stereocenters. The lowest BCUT2D eigenvalue weighted by Crippen LogP contribution is -2.54. The van der Waals surface area contributed by atoms with Crippen LogP contribution in [0.15, 0.2) is 13.6 Å². The second-order valence-electron chi connectivity index (χ2n) is 5.10. The van der Waals surface area contributed by atoms with Crippen molar-refractivity contribution < 1.29 is 0 Å². The van der Waals surface area contributed by atoms with Crippen LogP contribution in [-0.4, -0.2) is 40.4 Å². The highest BCUT2D eigenvalue weighted by Gasteiger charge is 2.24. The molecule has 0 radical (unpaired) electrons. The van der Waals surface area contributed by atoms with Gasteiger partial charge in [-0.25, -0.2) is 0 Å². The van der Waals surface area contributed by atoms with Crippen molar-refractivity contribution in [2.24, 2.45) is 0 Å². The number of aromatic amines is 1. The van der Waals surface area contributed by atoms with Crippen LogP contribution in [0.1, 0.15) is 13.8 Å². The number of rotatable bonds is 2. The van der Waals surface area contributed by atoms with Gasteiger partial charge in [-0.15, -0.1) is 16.4 Å². The Morgan fingerprint density at radius 2 is 2.00 bits per heavy atom. The van der Waals surface area contributed by atoms with E-state index in [2.05, 4.69) is 71.1 Å². The van der Waals surface area contributed by atoms with Gasteiger partial charge in [-0.05, 0) is 51.8 Å². The molecule has 20 heavy (non-hydrogen) atoms. The molecule has 1 fully saturated rings. The smallest absolute Gasteiger partial charge is 0.245 e. The van der Waals surface area contributed by atoms with Gasteiger partial charge in [0.25, 0.3) is 0 Å². The fourth-order valence-electron chi connectivity index (χ4n) is 2.51. The van der Waals surface area contributed by atoms with Gasteiger partial charge in [-0.1, -0.05) is 0 Å². The van der Waals surface area contributed by atoms with Gasteiger partial charge < -0.3 is 10.2 Å². The van der Waals surface area contributed by atoms with Crippen LogP contribution < -0.4 is 10.2 Å². The number of piperazine rings is 1.